The summed E-state index contributed by atoms with van der Waals surface area (Å²) in [4.78, 5) is 25.9. The van der Waals surface area contributed by atoms with Gasteiger partial charge >= 0.3 is 5.97 Å². The van der Waals surface area contributed by atoms with Crippen molar-refractivity contribution in [2.75, 3.05) is 6.61 Å². The zero-order chi connectivity index (χ0) is 18.8. The highest BCUT2D eigenvalue weighted by Gasteiger charge is 2.65. The number of rotatable bonds is 1. The number of hydrogen-bond acceptors (Lipinski definition) is 5. The van der Waals surface area contributed by atoms with Crippen molar-refractivity contribution in [1.29, 1.82) is 0 Å². The standard InChI is InChI=1S/C20H15BrFNO4/c21-11-3-1-2-10(8-11)16-15-17(24)13-9-12(22)4-5-14(13)27-18(15)20(23-16)6-7-26-19(20)25/h1-5,8-9,15-16,18,23H,6-7H2/t15-,16+,18+,20+/m1/s1. The van der Waals surface area contributed by atoms with Gasteiger partial charge in [-0.1, -0.05) is 28.1 Å². The Morgan fingerprint density at radius 3 is 2.78 bits per heavy atom. The van der Waals surface area contributed by atoms with Crippen molar-refractivity contribution in [3.8, 4) is 5.75 Å². The number of nitrogens with one attached hydrogen (secondary N) is 1. The molecule has 2 aromatic rings. The third kappa shape index (κ3) is 2.38. The first-order valence-electron chi connectivity index (χ1n) is 8.70. The second-order valence-electron chi connectivity index (χ2n) is 7.10. The third-order valence-electron chi connectivity index (χ3n) is 5.65. The fourth-order valence-electron chi connectivity index (χ4n) is 4.42. The number of ether oxygens (including phenoxy) is 2. The first kappa shape index (κ1) is 16.9. The summed E-state index contributed by atoms with van der Waals surface area (Å²) in [5.41, 5.74) is -0.0199. The number of Topliss-reactive ketones (excluding diaryl/α,β-unsaturated/α-hetero) is 1. The largest absolute Gasteiger partial charge is 0.486 e. The van der Waals surface area contributed by atoms with Crippen LogP contribution in [0.2, 0.25) is 0 Å². The molecule has 0 aliphatic carbocycles. The van der Waals surface area contributed by atoms with Crippen LogP contribution in [-0.4, -0.2) is 30.0 Å². The van der Waals surface area contributed by atoms with E-state index in [0.717, 1.165) is 10.0 Å². The maximum Gasteiger partial charge on any atom is 0.330 e. The number of halogens is 2. The van der Waals surface area contributed by atoms with Gasteiger partial charge in [0, 0.05) is 16.9 Å². The van der Waals surface area contributed by atoms with Gasteiger partial charge in [-0.3, -0.25) is 10.1 Å². The lowest BCUT2D eigenvalue weighted by molar-refractivity contribution is -0.145. The van der Waals surface area contributed by atoms with E-state index in [1.54, 1.807) is 0 Å². The predicted molar refractivity (Wildman–Crippen MR) is 97.0 cm³/mol. The normalized spacial score (nSPS) is 31.4. The molecule has 0 unspecified atom stereocenters. The van der Waals surface area contributed by atoms with Crippen LogP contribution in [0.1, 0.15) is 28.4 Å². The molecule has 3 aliphatic heterocycles. The molecule has 0 amide bonds. The molecule has 3 aliphatic rings. The number of carbonyl (C=O) groups is 2. The van der Waals surface area contributed by atoms with Gasteiger partial charge in [0.05, 0.1) is 18.1 Å². The van der Waals surface area contributed by atoms with Crippen LogP contribution in [0.15, 0.2) is 46.9 Å². The van der Waals surface area contributed by atoms with Crippen LogP contribution in [0, 0.1) is 11.7 Å². The summed E-state index contributed by atoms with van der Waals surface area (Å²) >= 11 is 3.45. The van der Waals surface area contributed by atoms with E-state index in [1.165, 1.54) is 18.2 Å². The Kier molecular flexibility index (Phi) is 3.67. The molecule has 5 nitrogen and oxygen atoms in total. The highest BCUT2D eigenvalue weighted by atomic mass is 79.9. The lowest BCUT2D eigenvalue weighted by Crippen LogP contribution is -2.56. The summed E-state index contributed by atoms with van der Waals surface area (Å²) in [7, 11) is 0. The van der Waals surface area contributed by atoms with Crippen molar-refractivity contribution in [2.45, 2.75) is 24.1 Å². The zero-order valence-electron chi connectivity index (χ0n) is 14.1. The maximum absolute atomic E-state index is 13.7. The Morgan fingerprint density at radius 2 is 2.04 bits per heavy atom. The lowest BCUT2D eigenvalue weighted by Gasteiger charge is -2.34. The minimum absolute atomic E-state index is 0.210. The number of carbonyl (C=O) groups excluding carboxylic acids is 2. The minimum Gasteiger partial charge on any atom is -0.486 e. The van der Waals surface area contributed by atoms with Gasteiger partial charge in [-0.25, -0.2) is 9.18 Å². The molecule has 2 fully saturated rings. The molecule has 138 valence electrons. The predicted octanol–water partition coefficient (Wildman–Crippen LogP) is 3.18. The smallest absolute Gasteiger partial charge is 0.330 e. The van der Waals surface area contributed by atoms with E-state index in [9.17, 15) is 14.0 Å². The monoisotopic (exact) mass is 431 g/mol. The topological polar surface area (TPSA) is 64.6 Å². The molecule has 0 radical (unpaired) electrons. The minimum atomic E-state index is -1.08. The van der Waals surface area contributed by atoms with Gasteiger partial charge in [-0.05, 0) is 35.9 Å². The van der Waals surface area contributed by atoms with Gasteiger partial charge in [-0.15, -0.1) is 0 Å². The third-order valence-corrected chi connectivity index (χ3v) is 6.14. The molecular weight excluding hydrogens is 417 g/mol. The van der Waals surface area contributed by atoms with Crippen molar-refractivity contribution in [3.63, 3.8) is 0 Å². The highest BCUT2D eigenvalue weighted by molar-refractivity contribution is 9.10. The quantitative estimate of drug-likeness (QED) is 0.702. The number of fused-ring (bicyclic) bond motifs is 3. The Bertz CT molecular complexity index is 980. The fourth-order valence-corrected chi connectivity index (χ4v) is 4.84. The molecule has 1 spiro atoms. The van der Waals surface area contributed by atoms with Crippen molar-refractivity contribution in [3.05, 3.63) is 63.9 Å². The van der Waals surface area contributed by atoms with Crippen LogP contribution < -0.4 is 10.1 Å². The molecule has 2 aromatic carbocycles. The van der Waals surface area contributed by atoms with Gasteiger partial charge in [0.1, 0.15) is 17.7 Å². The van der Waals surface area contributed by atoms with Crippen LogP contribution in [0.25, 0.3) is 0 Å². The molecule has 5 rings (SSSR count). The number of esters is 1. The molecule has 2 saturated heterocycles. The molecule has 0 aromatic heterocycles. The van der Waals surface area contributed by atoms with E-state index in [2.05, 4.69) is 21.2 Å². The molecule has 4 atom stereocenters. The Balaban J connectivity index is 1.67. The number of hydrogen-bond donors (Lipinski definition) is 1. The summed E-state index contributed by atoms with van der Waals surface area (Å²) in [6.07, 6.45) is -0.289. The van der Waals surface area contributed by atoms with Gasteiger partial charge in [0.15, 0.2) is 11.3 Å². The molecule has 3 heterocycles. The molecule has 0 saturated carbocycles. The second kappa shape index (κ2) is 5.87. The van der Waals surface area contributed by atoms with E-state index in [1.807, 2.05) is 24.3 Å². The van der Waals surface area contributed by atoms with E-state index in [0.29, 0.717) is 12.2 Å². The Hall–Kier alpha value is -2.25. The first-order valence-corrected chi connectivity index (χ1v) is 9.50. The number of ketones is 1. The van der Waals surface area contributed by atoms with Crippen molar-refractivity contribution >= 4 is 27.7 Å². The van der Waals surface area contributed by atoms with Crippen molar-refractivity contribution < 1.29 is 23.5 Å². The summed E-state index contributed by atoms with van der Waals surface area (Å²) in [6, 6.07) is 11.0. The molecule has 27 heavy (non-hydrogen) atoms. The average molecular weight is 432 g/mol. The van der Waals surface area contributed by atoms with E-state index < -0.39 is 35.4 Å². The molecular formula is C20H15BrFNO4. The Labute approximate surface area is 163 Å². The number of benzene rings is 2. The molecule has 0 bridgehead atoms. The maximum atomic E-state index is 13.7. The van der Waals surface area contributed by atoms with E-state index in [4.69, 9.17) is 9.47 Å². The van der Waals surface area contributed by atoms with E-state index in [-0.39, 0.29) is 18.0 Å². The van der Waals surface area contributed by atoms with Crippen LogP contribution in [-0.2, 0) is 9.53 Å². The van der Waals surface area contributed by atoms with Gasteiger partial charge < -0.3 is 9.47 Å². The summed E-state index contributed by atoms with van der Waals surface area (Å²) in [5.74, 6) is -1.48. The van der Waals surface area contributed by atoms with Crippen LogP contribution in [0.5, 0.6) is 5.75 Å². The van der Waals surface area contributed by atoms with E-state index >= 15 is 0 Å². The number of cyclic esters (lactones) is 1. The summed E-state index contributed by atoms with van der Waals surface area (Å²) in [6.45, 7) is 0.272. The fraction of sp³-hybridized carbons (Fsp3) is 0.300. The van der Waals surface area contributed by atoms with Crippen molar-refractivity contribution in [1.82, 2.24) is 5.32 Å². The van der Waals surface area contributed by atoms with Gasteiger partial charge in [-0.2, -0.15) is 0 Å². The lowest BCUT2D eigenvalue weighted by atomic mass is 9.79. The average Bonchev–Trinajstić information content (AvgIpc) is 3.18. The second-order valence-corrected chi connectivity index (χ2v) is 8.02. The van der Waals surface area contributed by atoms with Crippen molar-refractivity contribution in [2.24, 2.45) is 5.92 Å². The van der Waals surface area contributed by atoms with Crippen LogP contribution >= 0.6 is 15.9 Å². The van der Waals surface area contributed by atoms with Gasteiger partial charge in [0.2, 0.25) is 0 Å². The molecule has 7 heteroatoms. The summed E-state index contributed by atoms with van der Waals surface area (Å²) in [5, 5.41) is 3.35. The Morgan fingerprint density at radius 1 is 1.19 bits per heavy atom. The summed E-state index contributed by atoms with van der Waals surface area (Å²) < 4.78 is 25.9. The SMILES string of the molecule is O=C1c2cc(F)ccc2O[C@H]2[C@@H]1[C@H](c1cccc(Br)c1)N[C@@]21CCOC1=O. The zero-order valence-corrected chi connectivity index (χ0v) is 15.7. The highest BCUT2D eigenvalue weighted by Crippen LogP contribution is 2.49. The van der Waals surface area contributed by atoms with Gasteiger partial charge in [0.25, 0.3) is 0 Å². The first-order chi connectivity index (χ1) is 13.0. The van der Waals surface area contributed by atoms with Crippen LogP contribution in [0.3, 0.4) is 0 Å². The van der Waals surface area contributed by atoms with Crippen LogP contribution in [0.4, 0.5) is 4.39 Å². The molecule has 1 N–H and O–H groups in total.